The average molecular weight is 878 g/mol. The largest absolute Gasteiger partial charge is 0.481 e. The van der Waals surface area contributed by atoms with Gasteiger partial charge in [0.15, 0.2) is 5.78 Å². The van der Waals surface area contributed by atoms with Gasteiger partial charge in [0, 0.05) is 40.8 Å². The molecule has 5 fully saturated rings. The molecule has 2 amide bonds. The van der Waals surface area contributed by atoms with Crippen LogP contribution in [-0.4, -0.2) is 64.0 Å². The number of aliphatic hydroxyl groups excluding tert-OH is 1. The number of amides is 2. The molecule has 1 aromatic carbocycles. The second kappa shape index (κ2) is 15.7. The zero-order valence-corrected chi connectivity index (χ0v) is 39.9. The molecule has 0 spiro atoms. The van der Waals surface area contributed by atoms with Crippen LogP contribution in [0.4, 0.5) is 0 Å². The van der Waals surface area contributed by atoms with Crippen molar-refractivity contribution < 1.29 is 38.9 Å². The predicted molar refractivity (Wildman–Crippen MR) is 239 cm³/mol. The SMILES string of the molecule is CC(C)C1=C2[C@H]3CC[C@@H]4[C@@]5(C)CC[C@H](OC(=O)[C@H]6C[C@@H](C(=O)O)C6(C)C)C(C)(C)[C@@H]5CC[C@@]4(C)[C@]3(C)CC[C@@]2(CC(=O)NCC(C)(NC(=O)c2ccc(Cl)cc2)C(C)O)CC1=O. The lowest BCUT2D eigenvalue weighted by molar-refractivity contribution is -0.236. The summed E-state index contributed by atoms with van der Waals surface area (Å²) in [5, 5.41) is 27.1. The minimum absolute atomic E-state index is 0.0148. The van der Waals surface area contributed by atoms with Gasteiger partial charge in [-0.05, 0) is 147 Å². The van der Waals surface area contributed by atoms with E-state index in [1.807, 2.05) is 13.8 Å². The maximum absolute atomic E-state index is 14.2. The number of ether oxygens (including phenoxy) is 1. The first kappa shape index (κ1) is 46.7. The smallest absolute Gasteiger partial charge is 0.309 e. The summed E-state index contributed by atoms with van der Waals surface area (Å²) in [5.74, 6) is -1.47. The molecule has 0 radical (unpaired) electrons. The highest BCUT2D eigenvalue weighted by atomic mass is 35.5. The van der Waals surface area contributed by atoms with E-state index >= 15 is 0 Å². The molecule has 5 saturated carbocycles. The van der Waals surface area contributed by atoms with E-state index in [1.54, 1.807) is 38.1 Å². The van der Waals surface area contributed by atoms with Crippen molar-refractivity contribution in [3.8, 4) is 0 Å². The fourth-order valence-electron chi connectivity index (χ4n) is 15.0. The van der Waals surface area contributed by atoms with Gasteiger partial charge in [0.05, 0.1) is 23.5 Å². The number of carboxylic acids is 1. The first-order valence-electron chi connectivity index (χ1n) is 23.4. The predicted octanol–water partition coefficient (Wildman–Crippen LogP) is 9.36. The molecule has 62 heavy (non-hydrogen) atoms. The number of rotatable bonds is 11. The van der Waals surface area contributed by atoms with Crippen molar-refractivity contribution in [2.24, 2.45) is 68.0 Å². The second-order valence-electron chi connectivity index (χ2n) is 23.3. The molecule has 0 aromatic heterocycles. The van der Waals surface area contributed by atoms with Crippen LogP contribution >= 0.6 is 11.6 Å². The lowest BCUT2D eigenvalue weighted by atomic mass is 9.33. The van der Waals surface area contributed by atoms with E-state index < -0.39 is 40.3 Å². The number of aliphatic carboxylic acids is 1. The van der Waals surface area contributed by atoms with E-state index in [2.05, 4.69) is 59.1 Å². The first-order valence-corrected chi connectivity index (χ1v) is 23.8. The van der Waals surface area contributed by atoms with Gasteiger partial charge in [0.1, 0.15) is 6.10 Å². The van der Waals surface area contributed by atoms with E-state index in [-0.39, 0.29) is 76.1 Å². The third-order valence-corrected chi connectivity index (χ3v) is 19.5. The quantitative estimate of drug-likeness (QED) is 0.160. The first-order chi connectivity index (χ1) is 28.7. The highest BCUT2D eigenvalue weighted by molar-refractivity contribution is 6.30. The molecule has 0 bridgehead atoms. The minimum Gasteiger partial charge on any atom is -0.481 e. The average Bonchev–Trinajstić information content (AvgIpc) is 3.46. The Balaban J connectivity index is 1.10. The lowest BCUT2D eigenvalue weighted by Crippen LogP contribution is -2.66. The maximum Gasteiger partial charge on any atom is 0.309 e. The van der Waals surface area contributed by atoms with Crippen molar-refractivity contribution in [3.63, 3.8) is 0 Å². The van der Waals surface area contributed by atoms with Gasteiger partial charge >= 0.3 is 11.9 Å². The van der Waals surface area contributed by atoms with Gasteiger partial charge in [-0.25, -0.2) is 0 Å². The Labute approximate surface area is 374 Å². The van der Waals surface area contributed by atoms with Crippen LogP contribution in [0.3, 0.4) is 0 Å². The molecule has 4 N–H and O–H groups in total. The summed E-state index contributed by atoms with van der Waals surface area (Å²) in [7, 11) is 0. The topological polar surface area (TPSA) is 159 Å². The molecular weight excluding hydrogens is 804 g/mol. The van der Waals surface area contributed by atoms with Gasteiger partial charge in [-0.1, -0.05) is 79.5 Å². The molecule has 0 saturated heterocycles. The fraction of sp³-hybridized carbons (Fsp3) is 0.745. The fourth-order valence-corrected chi connectivity index (χ4v) is 15.1. The Bertz CT molecular complexity index is 2040. The molecule has 0 aliphatic heterocycles. The summed E-state index contributed by atoms with van der Waals surface area (Å²) >= 11 is 6.04. The van der Waals surface area contributed by atoms with E-state index in [0.29, 0.717) is 35.3 Å². The van der Waals surface area contributed by atoms with Crippen LogP contribution in [0.5, 0.6) is 0 Å². The van der Waals surface area contributed by atoms with Crippen LogP contribution in [0.15, 0.2) is 35.4 Å². The van der Waals surface area contributed by atoms with Gasteiger partial charge in [-0.3, -0.25) is 24.0 Å². The summed E-state index contributed by atoms with van der Waals surface area (Å²) in [4.78, 5) is 67.1. The molecule has 10 nitrogen and oxygen atoms in total. The number of fused-ring (bicyclic) bond motifs is 7. The Kier molecular flexibility index (Phi) is 11.9. The van der Waals surface area contributed by atoms with Crippen LogP contribution in [0.1, 0.15) is 157 Å². The number of nitrogens with one attached hydrogen (secondary N) is 2. The van der Waals surface area contributed by atoms with Crippen molar-refractivity contribution in [3.05, 3.63) is 46.0 Å². The number of Topliss-reactive ketones (excluding diaryl/α,β-unsaturated/α-hetero) is 1. The Hall–Kier alpha value is -3.24. The molecule has 1 aromatic rings. The molecule has 0 heterocycles. The molecular formula is C51H73ClN2O8. The van der Waals surface area contributed by atoms with E-state index in [4.69, 9.17) is 16.3 Å². The summed E-state index contributed by atoms with van der Waals surface area (Å²) in [6, 6.07) is 6.51. The summed E-state index contributed by atoms with van der Waals surface area (Å²) in [6.45, 7) is 23.4. The monoisotopic (exact) mass is 877 g/mol. The molecule has 7 rings (SSSR count). The minimum atomic E-state index is -1.15. The number of ketones is 1. The summed E-state index contributed by atoms with van der Waals surface area (Å²) in [6.07, 6.45) is 7.09. The van der Waals surface area contributed by atoms with E-state index in [9.17, 15) is 34.2 Å². The van der Waals surface area contributed by atoms with Crippen molar-refractivity contribution >= 4 is 41.1 Å². The Morgan fingerprint density at radius 1 is 0.855 bits per heavy atom. The van der Waals surface area contributed by atoms with Crippen LogP contribution < -0.4 is 10.6 Å². The number of aliphatic hydroxyl groups is 1. The van der Waals surface area contributed by atoms with E-state index in [0.717, 1.165) is 56.9 Å². The van der Waals surface area contributed by atoms with Crippen molar-refractivity contribution in [2.45, 2.75) is 165 Å². The summed E-state index contributed by atoms with van der Waals surface area (Å²) < 4.78 is 6.42. The third-order valence-electron chi connectivity index (χ3n) is 19.2. The van der Waals surface area contributed by atoms with Gasteiger partial charge in [0.2, 0.25) is 5.91 Å². The number of allylic oxidation sites excluding steroid dienone is 2. The molecule has 6 aliphatic rings. The highest BCUT2D eigenvalue weighted by Crippen LogP contribution is 2.77. The molecule has 342 valence electrons. The van der Waals surface area contributed by atoms with Crippen LogP contribution in [0.2, 0.25) is 5.02 Å². The third kappa shape index (κ3) is 7.18. The number of carbonyl (C=O) groups is 5. The Morgan fingerprint density at radius 2 is 1.52 bits per heavy atom. The van der Waals surface area contributed by atoms with Crippen molar-refractivity contribution in [1.29, 1.82) is 0 Å². The molecule has 12 atom stereocenters. The van der Waals surface area contributed by atoms with Gasteiger partial charge in [-0.15, -0.1) is 0 Å². The van der Waals surface area contributed by atoms with Gasteiger partial charge < -0.3 is 25.6 Å². The molecule has 6 aliphatic carbocycles. The zero-order chi connectivity index (χ0) is 45.7. The van der Waals surface area contributed by atoms with Crippen LogP contribution in [0.25, 0.3) is 0 Å². The van der Waals surface area contributed by atoms with Crippen LogP contribution in [0, 0.1) is 68.0 Å². The van der Waals surface area contributed by atoms with Gasteiger partial charge in [-0.2, -0.15) is 0 Å². The lowest BCUT2D eigenvalue weighted by Gasteiger charge is -2.72. The zero-order valence-electron chi connectivity index (χ0n) is 39.1. The number of halogens is 1. The van der Waals surface area contributed by atoms with E-state index in [1.165, 1.54) is 5.57 Å². The molecule has 2 unspecified atom stereocenters. The maximum atomic E-state index is 14.2. The second-order valence-corrected chi connectivity index (χ2v) is 23.7. The highest BCUT2D eigenvalue weighted by Gasteiger charge is 2.70. The molecule has 11 heteroatoms. The normalized spacial score (nSPS) is 38.3. The van der Waals surface area contributed by atoms with Gasteiger partial charge in [0.25, 0.3) is 5.91 Å². The number of hydrogen-bond acceptors (Lipinski definition) is 7. The van der Waals surface area contributed by atoms with Crippen molar-refractivity contribution in [2.75, 3.05) is 6.54 Å². The number of carboxylic acid groups (broad SMARTS) is 1. The number of benzene rings is 1. The summed E-state index contributed by atoms with van der Waals surface area (Å²) in [5.41, 5.74) is -0.167. The number of esters is 1. The van der Waals surface area contributed by atoms with Crippen molar-refractivity contribution in [1.82, 2.24) is 10.6 Å². The standard InChI is InChI=1S/C51H73ClN2O8/c1-28(2)40-35(56)25-51(26-39(57)53-27-50(11,29(3)55)54-42(58)30-12-14-31(52)15-13-30)23-22-48(9)32(41(40)51)16-17-37-47(8)20-19-38(46(6,7)36(47)18-21-49(37,48)10)62-44(61)34-24-33(43(59)60)45(34,4)5/h12-15,28-29,32-34,36-38,55H,16-27H2,1-11H3,(H,53,57)(H,54,58)(H,59,60)/t29?,32-,33+,34-,36+,37-,38+,47+,48-,49-,50?,51+/m1/s1. The number of carbonyl (C=O) groups excluding carboxylic acids is 4. The number of hydrogen-bond donors (Lipinski definition) is 4. The Morgan fingerprint density at radius 3 is 2.11 bits per heavy atom. The van der Waals surface area contributed by atoms with Crippen LogP contribution in [-0.2, 0) is 23.9 Å².